The predicted molar refractivity (Wildman–Crippen MR) is 88.2 cm³/mol. The van der Waals surface area contributed by atoms with Crippen molar-refractivity contribution in [2.45, 2.75) is 19.3 Å². The molecular weight excluding hydrogens is 455 g/mol. The predicted octanol–water partition coefficient (Wildman–Crippen LogP) is 6.87. The van der Waals surface area contributed by atoms with Crippen molar-refractivity contribution >= 4 is 30.5 Å². The second-order valence-corrected chi connectivity index (χ2v) is 7.62. The quantitative estimate of drug-likeness (QED) is 0.293. The fourth-order valence-corrected chi connectivity index (χ4v) is 2.06. The van der Waals surface area contributed by atoms with Crippen molar-refractivity contribution in [2.24, 2.45) is 4.99 Å². The van der Waals surface area contributed by atoms with Gasteiger partial charge in [0.05, 0.1) is 16.8 Å². The molecule has 0 atom stereocenters. The zero-order valence-corrected chi connectivity index (χ0v) is 16.5. The third kappa shape index (κ3) is 6.71. The van der Waals surface area contributed by atoms with E-state index in [1.807, 2.05) is 0 Å². The average molecular weight is 466 g/mol. The molecule has 0 unspecified atom stereocenters. The molecule has 0 aliphatic rings. The summed E-state index contributed by atoms with van der Waals surface area (Å²) >= 11 is -0.556. The van der Waals surface area contributed by atoms with Crippen LogP contribution in [-0.4, -0.2) is 11.3 Å². The number of alkyl halides is 6. The summed E-state index contributed by atoms with van der Waals surface area (Å²) in [5, 5.41) is 9.80. The van der Waals surface area contributed by atoms with Crippen molar-refractivity contribution in [2.75, 3.05) is 0 Å². The number of aryl methyl sites for hydroxylation is 1. The number of aromatic hydroxyl groups is 1. The number of phenolic OH excluding ortho intramolecular Hbond substituents is 1. The normalized spacial score (nSPS) is 11.9. The Morgan fingerprint density at radius 3 is 1.81 bits per heavy atom. The van der Waals surface area contributed by atoms with E-state index in [1.165, 1.54) is 25.1 Å². The zero-order valence-electron chi connectivity index (χ0n) is 13.5. The standard InChI is InChI=1S/C16H11F6NO.2ClH.Ti/c1-9-4-2-5-10(14(9)24)8-23-13-11(15(17,18)19)6-3-7-12(13)16(20,21)22;;;/h2-8,24H,1H3;2*1H;/q;;;+2/p-2. The molecule has 0 heterocycles. The number of para-hydroxylation sites is 2. The van der Waals surface area contributed by atoms with Crippen LogP contribution in [0.5, 0.6) is 5.75 Å². The Balaban J connectivity index is 0.00000114. The molecule has 11 heteroatoms. The first-order valence-electron chi connectivity index (χ1n) is 6.99. The van der Waals surface area contributed by atoms with E-state index in [0.29, 0.717) is 23.8 Å². The zero-order chi connectivity index (χ0) is 20.8. The van der Waals surface area contributed by atoms with Gasteiger partial charge in [-0.1, -0.05) is 18.2 Å². The maximum atomic E-state index is 13.0. The Morgan fingerprint density at radius 1 is 0.926 bits per heavy atom. The van der Waals surface area contributed by atoms with Gasteiger partial charge in [0.25, 0.3) is 0 Å². The molecule has 0 aliphatic carbocycles. The number of benzene rings is 2. The molecular formula is C16H11Cl2F6NOTi. The molecule has 0 radical (unpaired) electrons. The van der Waals surface area contributed by atoms with Gasteiger partial charge in [0.15, 0.2) is 0 Å². The van der Waals surface area contributed by atoms with E-state index in [-0.39, 0.29) is 11.3 Å². The number of nitrogens with zero attached hydrogens (tertiary/aromatic N) is 1. The molecule has 2 nitrogen and oxygen atoms in total. The second kappa shape index (κ2) is 9.82. The van der Waals surface area contributed by atoms with Gasteiger partial charge < -0.3 is 5.11 Å². The molecule has 0 saturated carbocycles. The van der Waals surface area contributed by atoms with Gasteiger partial charge in [-0.2, -0.15) is 26.3 Å². The number of hydrogen-bond donors (Lipinski definition) is 1. The number of rotatable bonds is 2. The van der Waals surface area contributed by atoms with Crippen LogP contribution in [0.3, 0.4) is 0 Å². The molecule has 27 heavy (non-hydrogen) atoms. The Bertz CT molecular complexity index is 776. The van der Waals surface area contributed by atoms with Crippen molar-refractivity contribution < 1.29 is 48.5 Å². The summed E-state index contributed by atoms with van der Waals surface area (Å²) in [4.78, 5) is 3.39. The fraction of sp³-hybridized carbons (Fsp3) is 0.188. The van der Waals surface area contributed by atoms with Crippen LogP contribution in [0.1, 0.15) is 22.3 Å². The summed E-state index contributed by atoms with van der Waals surface area (Å²) in [5.41, 5.74) is -3.81. The average Bonchev–Trinajstić information content (AvgIpc) is 2.55. The van der Waals surface area contributed by atoms with Crippen LogP contribution >= 0.6 is 18.6 Å². The molecule has 1 N–H and O–H groups in total. The molecule has 2 rings (SSSR count). The number of aliphatic imine (C=N–C) groups is 1. The fourth-order valence-electron chi connectivity index (χ4n) is 2.06. The Labute approximate surface area is 167 Å². The molecule has 0 aliphatic heterocycles. The van der Waals surface area contributed by atoms with Gasteiger partial charge in [0.2, 0.25) is 0 Å². The molecule has 0 saturated heterocycles. The van der Waals surface area contributed by atoms with Crippen molar-refractivity contribution in [3.05, 3.63) is 58.7 Å². The van der Waals surface area contributed by atoms with Crippen LogP contribution in [-0.2, 0) is 29.4 Å². The van der Waals surface area contributed by atoms with Gasteiger partial charge >= 0.3 is 48.0 Å². The van der Waals surface area contributed by atoms with Gasteiger partial charge in [-0.25, -0.2) is 0 Å². The first kappa shape index (κ1) is 23.8. The summed E-state index contributed by atoms with van der Waals surface area (Å²) in [6, 6.07) is 6.09. The Kier molecular flexibility index (Phi) is 8.66. The van der Waals surface area contributed by atoms with Gasteiger partial charge in [-0.3, -0.25) is 4.99 Å². The summed E-state index contributed by atoms with van der Waals surface area (Å²) in [6.45, 7) is 1.54. The van der Waals surface area contributed by atoms with E-state index in [4.69, 9.17) is 18.6 Å². The first-order chi connectivity index (χ1) is 12.4. The summed E-state index contributed by atoms with van der Waals surface area (Å²) in [5.74, 6) is -0.265. The monoisotopic (exact) mass is 465 g/mol. The second-order valence-electron chi connectivity index (χ2n) is 5.04. The number of phenols is 1. The van der Waals surface area contributed by atoms with E-state index in [0.717, 1.165) is 6.21 Å². The first-order valence-corrected chi connectivity index (χ1v) is 11.3. The van der Waals surface area contributed by atoms with Crippen molar-refractivity contribution in [3.8, 4) is 5.75 Å². The molecule has 2 aromatic rings. The minimum atomic E-state index is -5.00. The van der Waals surface area contributed by atoms with E-state index in [2.05, 4.69) is 4.99 Å². The Hall–Kier alpha value is -1.22. The van der Waals surface area contributed by atoms with Gasteiger partial charge in [-0.05, 0) is 30.7 Å². The van der Waals surface area contributed by atoms with Crippen molar-refractivity contribution in [3.63, 3.8) is 0 Å². The van der Waals surface area contributed by atoms with Crippen LogP contribution < -0.4 is 0 Å². The molecule has 0 bridgehead atoms. The Morgan fingerprint density at radius 2 is 1.37 bits per heavy atom. The van der Waals surface area contributed by atoms with Crippen LogP contribution in [0, 0.1) is 6.92 Å². The molecule has 0 fully saturated rings. The van der Waals surface area contributed by atoms with Gasteiger partial charge in [0.1, 0.15) is 5.75 Å². The number of hydrogen-bond acceptors (Lipinski definition) is 2. The molecule has 0 spiro atoms. The molecule has 146 valence electrons. The minimum absolute atomic E-state index is 0.0140. The number of halogens is 8. The molecule has 0 amide bonds. The van der Waals surface area contributed by atoms with E-state index in [1.54, 1.807) is 0 Å². The third-order valence-electron chi connectivity index (χ3n) is 3.25. The topological polar surface area (TPSA) is 32.6 Å². The summed E-state index contributed by atoms with van der Waals surface area (Å²) in [7, 11) is 9.78. The van der Waals surface area contributed by atoms with Gasteiger partial charge in [0, 0.05) is 11.8 Å². The van der Waals surface area contributed by atoms with Crippen LogP contribution in [0.15, 0.2) is 41.4 Å². The van der Waals surface area contributed by atoms with Crippen LogP contribution in [0.2, 0.25) is 0 Å². The van der Waals surface area contributed by atoms with E-state index >= 15 is 0 Å². The SMILES string of the molecule is Cc1cccc(C=Nc2c(C(F)(F)F)cccc2C(F)(F)F)c1O.[Cl][Ti][Cl]. The maximum absolute atomic E-state index is 13.0. The summed E-state index contributed by atoms with van der Waals surface area (Å²) in [6.07, 6.45) is -9.21. The third-order valence-corrected chi connectivity index (χ3v) is 3.25. The molecule has 0 aromatic heterocycles. The summed E-state index contributed by atoms with van der Waals surface area (Å²) < 4.78 is 78.0. The van der Waals surface area contributed by atoms with Crippen LogP contribution in [0.25, 0.3) is 0 Å². The molecule has 2 aromatic carbocycles. The van der Waals surface area contributed by atoms with Gasteiger partial charge in [-0.15, -0.1) is 0 Å². The van der Waals surface area contributed by atoms with Crippen LogP contribution in [0.4, 0.5) is 32.0 Å². The van der Waals surface area contributed by atoms with E-state index < -0.39 is 46.2 Å². The van der Waals surface area contributed by atoms with Crippen molar-refractivity contribution in [1.82, 2.24) is 0 Å². The van der Waals surface area contributed by atoms with Crippen molar-refractivity contribution in [1.29, 1.82) is 0 Å². The van der Waals surface area contributed by atoms with E-state index in [9.17, 15) is 31.4 Å².